The normalized spacial score (nSPS) is 13.7. The third-order valence-corrected chi connectivity index (χ3v) is 11.3. The number of phosphoric acid groups is 1. The lowest BCUT2D eigenvalue weighted by molar-refractivity contribution is -0.161. The van der Waals surface area contributed by atoms with Crippen molar-refractivity contribution in [2.45, 2.75) is 232 Å². The molecule has 338 valence electrons. The summed E-state index contributed by atoms with van der Waals surface area (Å²) in [6.07, 6.45) is 54.6. The highest BCUT2D eigenvalue weighted by Crippen LogP contribution is 2.42. The van der Waals surface area contributed by atoms with Crippen LogP contribution < -0.4 is 0 Å². The summed E-state index contributed by atoms with van der Waals surface area (Å²) in [5, 5.41) is 0. The Morgan fingerprint density at radius 3 is 1.31 bits per heavy atom. The Morgan fingerprint density at radius 2 is 0.879 bits per heavy atom. The second-order valence-electron chi connectivity index (χ2n) is 15.9. The van der Waals surface area contributed by atoms with Crippen LogP contribution in [0.3, 0.4) is 0 Å². The molecule has 0 bridgehead atoms. The van der Waals surface area contributed by atoms with Crippen molar-refractivity contribution in [1.82, 2.24) is 0 Å². The minimum Gasteiger partial charge on any atom is -0.462 e. The monoisotopic (exact) mass is 837 g/mol. The van der Waals surface area contributed by atoms with Gasteiger partial charge in [-0.05, 0) is 51.4 Å². The summed E-state index contributed by atoms with van der Waals surface area (Å²) in [4.78, 5) is 34.6. The molecular formula is C49H89O8P. The van der Waals surface area contributed by atoms with Crippen LogP contribution in [-0.4, -0.2) is 43.3 Å². The zero-order valence-electron chi connectivity index (χ0n) is 37.7. The van der Waals surface area contributed by atoms with Crippen LogP contribution >= 0.6 is 7.82 Å². The first-order valence-electron chi connectivity index (χ1n) is 23.8. The molecule has 0 radical (unpaired) electrons. The van der Waals surface area contributed by atoms with E-state index in [0.29, 0.717) is 6.42 Å². The van der Waals surface area contributed by atoms with E-state index < -0.39 is 26.5 Å². The fourth-order valence-corrected chi connectivity index (χ4v) is 7.17. The number of hydrogen-bond acceptors (Lipinski definition) is 7. The van der Waals surface area contributed by atoms with Gasteiger partial charge in [0.25, 0.3) is 0 Å². The van der Waals surface area contributed by atoms with Crippen LogP contribution in [0.2, 0.25) is 0 Å². The van der Waals surface area contributed by atoms with Gasteiger partial charge in [0.1, 0.15) is 6.61 Å². The summed E-state index contributed by atoms with van der Waals surface area (Å²) >= 11 is 0. The molecule has 0 aliphatic rings. The number of ether oxygens (including phenoxy) is 2. The maximum absolute atomic E-state index is 12.5. The van der Waals surface area contributed by atoms with Gasteiger partial charge in [-0.2, -0.15) is 0 Å². The largest absolute Gasteiger partial charge is 0.472 e. The van der Waals surface area contributed by atoms with Crippen LogP contribution in [0.4, 0.5) is 0 Å². The average molecular weight is 837 g/mol. The third kappa shape index (κ3) is 43.6. The maximum atomic E-state index is 12.5. The molecular weight excluding hydrogens is 748 g/mol. The molecule has 1 N–H and O–H groups in total. The molecule has 0 aromatic carbocycles. The van der Waals surface area contributed by atoms with Crippen LogP contribution in [-0.2, 0) is 32.7 Å². The van der Waals surface area contributed by atoms with E-state index in [1.165, 1.54) is 122 Å². The molecule has 0 aromatic rings. The van der Waals surface area contributed by atoms with Gasteiger partial charge in [0.05, 0.1) is 6.61 Å². The molecule has 0 saturated carbocycles. The van der Waals surface area contributed by atoms with E-state index >= 15 is 0 Å². The van der Waals surface area contributed by atoms with E-state index in [1.807, 2.05) is 0 Å². The Hall–Kier alpha value is -1.99. The van der Waals surface area contributed by atoms with Crippen molar-refractivity contribution in [3.63, 3.8) is 0 Å². The Balaban J connectivity index is 3.93. The first-order valence-corrected chi connectivity index (χ1v) is 25.3. The minimum atomic E-state index is -4.27. The number of esters is 2. The summed E-state index contributed by atoms with van der Waals surface area (Å²) < 4.78 is 32.1. The summed E-state index contributed by atoms with van der Waals surface area (Å²) in [6.45, 7) is 3.78. The highest BCUT2D eigenvalue weighted by atomic mass is 31.2. The zero-order chi connectivity index (χ0) is 42.5. The van der Waals surface area contributed by atoms with Crippen molar-refractivity contribution in [2.75, 3.05) is 20.3 Å². The van der Waals surface area contributed by atoms with Crippen molar-refractivity contribution >= 4 is 19.8 Å². The van der Waals surface area contributed by atoms with E-state index in [0.717, 1.165) is 77.7 Å². The second kappa shape index (κ2) is 44.6. The number of carbonyl (C=O) groups excluding carboxylic acids is 2. The third-order valence-electron chi connectivity index (χ3n) is 10.3. The quantitative estimate of drug-likeness (QED) is 0.0280. The highest BCUT2D eigenvalue weighted by molar-refractivity contribution is 7.47. The van der Waals surface area contributed by atoms with Crippen LogP contribution in [0.1, 0.15) is 226 Å². The number of phosphoric ester groups is 1. The molecule has 0 amide bonds. The lowest BCUT2D eigenvalue weighted by Crippen LogP contribution is -2.29. The number of unbranched alkanes of at least 4 members (excludes halogenated alkanes) is 25. The van der Waals surface area contributed by atoms with Crippen molar-refractivity contribution in [1.29, 1.82) is 0 Å². The van der Waals surface area contributed by atoms with E-state index in [4.69, 9.17) is 14.0 Å². The van der Waals surface area contributed by atoms with Gasteiger partial charge in [0.2, 0.25) is 0 Å². The van der Waals surface area contributed by atoms with Crippen LogP contribution in [0, 0.1) is 0 Å². The standard InChI is InChI=1S/C49H89O8P/c1-4-6-8-10-12-14-16-18-20-22-23-24-25-26-28-29-31-33-35-37-39-41-43-48(50)55-45-47(46-56-58(52,53)54-3)57-49(51)44-42-40-38-36-34-32-30-27-21-19-17-15-13-11-9-7-5-2/h7,9,13,15,19,21,30,32,47H,4-6,8,10-12,14,16-18,20,22-29,31,33-46H2,1-3H3,(H,52,53)/b9-7-,15-13-,21-19-,32-30-. The molecule has 0 spiro atoms. The topological polar surface area (TPSA) is 108 Å². The van der Waals surface area contributed by atoms with Crippen LogP contribution in [0.15, 0.2) is 48.6 Å². The van der Waals surface area contributed by atoms with E-state index in [-0.39, 0.29) is 25.4 Å². The highest BCUT2D eigenvalue weighted by Gasteiger charge is 2.24. The van der Waals surface area contributed by atoms with Gasteiger partial charge in [0.15, 0.2) is 6.10 Å². The van der Waals surface area contributed by atoms with Gasteiger partial charge < -0.3 is 14.4 Å². The van der Waals surface area contributed by atoms with Crippen molar-refractivity contribution in [3.05, 3.63) is 48.6 Å². The average Bonchev–Trinajstić information content (AvgIpc) is 3.21. The molecule has 58 heavy (non-hydrogen) atoms. The molecule has 8 nitrogen and oxygen atoms in total. The van der Waals surface area contributed by atoms with Crippen molar-refractivity contribution < 1.29 is 37.6 Å². The predicted octanol–water partition coefficient (Wildman–Crippen LogP) is 15.3. The number of rotatable bonds is 44. The van der Waals surface area contributed by atoms with Crippen LogP contribution in [0.25, 0.3) is 0 Å². The Labute approximate surface area is 357 Å². The molecule has 9 heteroatoms. The summed E-state index contributed by atoms with van der Waals surface area (Å²) in [5.74, 6) is -0.824. The summed E-state index contributed by atoms with van der Waals surface area (Å²) in [6, 6.07) is 0. The molecule has 0 aromatic heterocycles. The summed E-state index contributed by atoms with van der Waals surface area (Å²) in [5.41, 5.74) is 0. The Kier molecular flexibility index (Phi) is 43.0. The maximum Gasteiger partial charge on any atom is 0.472 e. The molecule has 0 heterocycles. The number of allylic oxidation sites excluding steroid dienone is 8. The molecule has 2 atom stereocenters. The Bertz CT molecular complexity index is 1080. The first kappa shape index (κ1) is 56.0. The van der Waals surface area contributed by atoms with Crippen molar-refractivity contribution in [3.8, 4) is 0 Å². The molecule has 0 saturated heterocycles. The second-order valence-corrected chi connectivity index (χ2v) is 17.4. The number of hydrogen-bond donors (Lipinski definition) is 1. The molecule has 0 fully saturated rings. The lowest BCUT2D eigenvalue weighted by atomic mass is 10.0. The number of carbonyl (C=O) groups is 2. The molecule has 0 rings (SSSR count). The van der Waals surface area contributed by atoms with Gasteiger partial charge in [-0.1, -0.05) is 210 Å². The lowest BCUT2D eigenvalue weighted by Gasteiger charge is -2.19. The molecule has 0 aliphatic heterocycles. The van der Waals surface area contributed by atoms with Gasteiger partial charge >= 0.3 is 19.8 Å². The first-order chi connectivity index (χ1) is 28.3. The minimum absolute atomic E-state index is 0.217. The van der Waals surface area contributed by atoms with Crippen molar-refractivity contribution in [2.24, 2.45) is 0 Å². The van der Waals surface area contributed by atoms with Crippen LogP contribution in [0.5, 0.6) is 0 Å². The van der Waals surface area contributed by atoms with E-state index in [9.17, 15) is 19.0 Å². The zero-order valence-corrected chi connectivity index (χ0v) is 38.6. The van der Waals surface area contributed by atoms with Gasteiger partial charge in [-0.25, -0.2) is 4.57 Å². The smallest absolute Gasteiger partial charge is 0.462 e. The van der Waals surface area contributed by atoms with E-state index in [1.54, 1.807) is 0 Å². The van der Waals surface area contributed by atoms with Gasteiger partial charge in [0, 0.05) is 20.0 Å². The molecule has 0 aliphatic carbocycles. The van der Waals surface area contributed by atoms with E-state index in [2.05, 4.69) is 67.0 Å². The van der Waals surface area contributed by atoms with Gasteiger partial charge in [-0.3, -0.25) is 18.6 Å². The fraction of sp³-hybridized carbons (Fsp3) is 0.796. The molecule has 2 unspecified atom stereocenters. The SMILES string of the molecule is CC/C=C\C/C=C\C/C=C\C/C=C\CCCCCCC(=O)OC(COC(=O)CCCCCCCCCCCCCCCCCCCCCCCC)COP(=O)(O)OC. The summed E-state index contributed by atoms with van der Waals surface area (Å²) in [7, 11) is -3.21. The predicted molar refractivity (Wildman–Crippen MR) is 244 cm³/mol. The van der Waals surface area contributed by atoms with Gasteiger partial charge in [-0.15, -0.1) is 0 Å². The Morgan fingerprint density at radius 1 is 0.500 bits per heavy atom. The fourth-order valence-electron chi connectivity index (χ4n) is 6.71.